The average molecular weight is 459 g/mol. The zero-order valence-electron chi connectivity index (χ0n) is 19.0. The maximum absolute atomic E-state index is 12.9. The van der Waals surface area contributed by atoms with Crippen molar-refractivity contribution < 1.29 is 9.53 Å². The van der Waals surface area contributed by atoms with E-state index in [1.807, 2.05) is 69.3 Å². The highest BCUT2D eigenvalue weighted by Gasteiger charge is 2.23. The molecule has 0 spiro atoms. The third-order valence-corrected chi connectivity index (χ3v) is 6.14. The van der Waals surface area contributed by atoms with Crippen molar-refractivity contribution in [1.29, 1.82) is 0 Å². The van der Waals surface area contributed by atoms with Gasteiger partial charge in [-0.05, 0) is 62.7 Å². The number of carbonyl (C=O) groups is 1. The van der Waals surface area contributed by atoms with Crippen molar-refractivity contribution in [3.8, 4) is 5.75 Å². The Morgan fingerprint density at radius 2 is 1.61 bits per heavy atom. The van der Waals surface area contributed by atoms with Gasteiger partial charge in [-0.3, -0.25) is 4.79 Å². The second-order valence-corrected chi connectivity index (χ2v) is 9.04. The minimum Gasteiger partial charge on any atom is -0.497 e. The third kappa shape index (κ3) is 5.38. The second-order valence-electron chi connectivity index (χ2n) is 7.79. The van der Waals surface area contributed by atoms with Gasteiger partial charge in [-0.25, -0.2) is 9.97 Å². The number of nitrogens with one attached hydrogen (secondary N) is 2. The highest BCUT2D eigenvalue weighted by atomic mass is 32.1. The third-order valence-electron chi connectivity index (χ3n) is 5.16. The molecule has 1 amide bonds. The van der Waals surface area contributed by atoms with Crippen molar-refractivity contribution in [2.24, 2.45) is 0 Å². The predicted molar refractivity (Wildman–Crippen MR) is 133 cm³/mol. The molecule has 2 aromatic carbocycles. The molecule has 7 heteroatoms. The molecule has 0 saturated carbocycles. The molecule has 0 aliphatic rings. The van der Waals surface area contributed by atoms with Crippen molar-refractivity contribution in [3.05, 3.63) is 99.7 Å². The fourth-order valence-corrected chi connectivity index (χ4v) is 4.61. The van der Waals surface area contributed by atoms with Crippen LogP contribution in [0.5, 0.6) is 5.75 Å². The van der Waals surface area contributed by atoms with Gasteiger partial charge in [0.25, 0.3) is 5.91 Å². The number of ether oxygens (including phenoxy) is 1. The van der Waals surface area contributed by atoms with E-state index in [1.54, 1.807) is 30.6 Å². The normalized spacial score (nSPS) is 11.6. The van der Waals surface area contributed by atoms with Gasteiger partial charge in [0.05, 0.1) is 13.2 Å². The Morgan fingerprint density at radius 1 is 0.939 bits per heavy atom. The number of carbonyl (C=O) groups excluding carboxylic acids is 1. The molecule has 2 N–H and O–H groups in total. The summed E-state index contributed by atoms with van der Waals surface area (Å²) >= 11 is 1.55. The largest absolute Gasteiger partial charge is 0.497 e. The van der Waals surface area contributed by atoms with Gasteiger partial charge in [-0.2, -0.15) is 0 Å². The van der Waals surface area contributed by atoms with Gasteiger partial charge in [0, 0.05) is 27.4 Å². The van der Waals surface area contributed by atoms with Crippen LogP contribution < -0.4 is 15.4 Å². The molecular weight excluding hydrogens is 432 g/mol. The molecular formula is C26H26N4O2S. The van der Waals surface area contributed by atoms with Crippen molar-refractivity contribution in [3.63, 3.8) is 0 Å². The molecule has 0 radical (unpaired) electrons. The van der Waals surface area contributed by atoms with E-state index < -0.39 is 0 Å². The quantitative estimate of drug-likeness (QED) is 0.359. The minimum atomic E-state index is -0.270. The molecule has 2 aromatic heterocycles. The smallest absolute Gasteiger partial charge is 0.256 e. The van der Waals surface area contributed by atoms with Crippen LogP contribution >= 0.6 is 11.3 Å². The molecule has 0 aliphatic carbocycles. The topological polar surface area (TPSA) is 76.1 Å². The van der Waals surface area contributed by atoms with Crippen LogP contribution in [0.4, 0.5) is 10.9 Å². The first kappa shape index (κ1) is 22.5. The van der Waals surface area contributed by atoms with Crippen LogP contribution in [0.15, 0.2) is 66.7 Å². The van der Waals surface area contributed by atoms with Gasteiger partial charge in [-0.15, -0.1) is 11.3 Å². The molecule has 0 aliphatic heterocycles. The first-order valence-corrected chi connectivity index (χ1v) is 11.4. The van der Waals surface area contributed by atoms with Gasteiger partial charge in [0.1, 0.15) is 10.8 Å². The van der Waals surface area contributed by atoms with Crippen LogP contribution in [0.2, 0.25) is 0 Å². The number of hydrogen-bond acceptors (Lipinski definition) is 6. The first-order chi connectivity index (χ1) is 15.9. The van der Waals surface area contributed by atoms with Gasteiger partial charge in [0.2, 0.25) is 5.95 Å². The Labute approximate surface area is 197 Å². The minimum absolute atomic E-state index is 0.144. The van der Waals surface area contributed by atoms with Gasteiger partial charge < -0.3 is 15.4 Å². The van der Waals surface area contributed by atoms with E-state index in [-0.39, 0.29) is 11.9 Å². The van der Waals surface area contributed by atoms with E-state index in [9.17, 15) is 4.79 Å². The van der Waals surface area contributed by atoms with Crippen LogP contribution in [-0.2, 0) is 0 Å². The van der Waals surface area contributed by atoms with Crippen molar-refractivity contribution >= 4 is 28.2 Å². The van der Waals surface area contributed by atoms with E-state index >= 15 is 0 Å². The summed E-state index contributed by atoms with van der Waals surface area (Å²) in [5.74, 6) is 1.17. The number of thiophene rings is 1. The van der Waals surface area contributed by atoms with Gasteiger partial charge in [0.15, 0.2) is 0 Å². The summed E-state index contributed by atoms with van der Waals surface area (Å²) in [6, 6.07) is 20.8. The summed E-state index contributed by atoms with van der Waals surface area (Å²) in [4.78, 5) is 23.1. The zero-order valence-corrected chi connectivity index (χ0v) is 19.9. The number of anilines is 2. The van der Waals surface area contributed by atoms with Crippen molar-refractivity contribution in [2.75, 3.05) is 17.7 Å². The standard InChI is InChI=1S/C26H26N4O2S/c1-16-14-17(2)28-26(27-16)29-23(19-10-12-21(32-4)13-11-19)22-15-18(3)33-25(22)30-24(31)20-8-6-5-7-9-20/h5-15,23H,1-4H3,(H,30,31)(H,27,28,29)/t23-/m1/s1. The molecule has 0 bridgehead atoms. The molecule has 4 rings (SSSR count). The summed E-state index contributed by atoms with van der Waals surface area (Å²) < 4.78 is 5.33. The summed E-state index contributed by atoms with van der Waals surface area (Å²) in [6.07, 6.45) is 0. The molecule has 168 valence electrons. The molecule has 0 unspecified atom stereocenters. The van der Waals surface area contributed by atoms with Crippen molar-refractivity contribution in [2.45, 2.75) is 26.8 Å². The lowest BCUT2D eigenvalue weighted by Gasteiger charge is -2.21. The molecule has 4 aromatic rings. The number of aryl methyl sites for hydroxylation is 3. The maximum atomic E-state index is 12.9. The van der Waals surface area contributed by atoms with Crippen LogP contribution in [0.1, 0.15) is 43.8 Å². The average Bonchev–Trinajstić information content (AvgIpc) is 3.17. The number of nitrogens with zero attached hydrogens (tertiary/aromatic N) is 2. The summed E-state index contributed by atoms with van der Waals surface area (Å²) in [6.45, 7) is 5.93. The van der Waals surface area contributed by atoms with E-state index in [4.69, 9.17) is 4.74 Å². The second kappa shape index (κ2) is 9.83. The molecule has 0 saturated heterocycles. The number of benzene rings is 2. The molecule has 0 fully saturated rings. The predicted octanol–water partition coefficient (Wildman–Crippen LogP) is 5.93. The van der Waals surface area contributed by atoms with E-state index in [2.05, 4.69) is 26.7 Å². The monoisotopic (exact) mass is 458 g/mol. The number of hydrogen-bond donors (Lipinski definition) is 2. The van der Waals surface area contributed by atoms with Crippen LogP contribution in [0, 0.1) is 20.8 Å². The SMILES string of the molecule is COc1ccc([C@@H](Nc2nc(C)cc(C)n2)c2cc(C)sc2NC(=O)c2ccccc2)cc1. The summed E-state index contributed by atoms with van der Waals surface area (Å²) in [5.41, 5.74) is 4.34. The van der Waals surface area contributed by atoms with E-state index in [0.717, 1.165) is 38.1 Å². The molecule has 33 heavy (non-hydrogen) atoms. The lowest BCUT2D eigenvalue weighted by atomic mass is 10.00. The van der Waals surface area contributed by atoms with E-state index in [1.165, 1.54) is 0 Å². The fraction of sp³-hybridized carbons (Fsp3) is 0.192. The lowest BCUT2D eigenvalue weighted by molar-refractivity contribution is 0.102. The molecule has 2 heterocycles. The maximum Gasteiger partial charge on any atom is 0.256 e. The molecule has 6 nitrogen and oxygen atoms in total. The van der Waals surface area contributed by atoms with Crippen LogP contribution in [0.25, 0.3) is 0 Å². The Bertz CT molecular complexity index is 1230. The highest BCUT2D eigenvalue weighted by molar-refractivity contribution is 7.16. The first-order valence-electron chi connectivity index (χ1n) is 10.6. The van der Waals surface area contributed by atoms with Crippen molar-refractivity contribution in [1.82, 2.24) is 9.97 Å². The Hall–Kier alpha value is -3.71. The number of aromatic nitrogens is 2. The summed E-state index contributed by atoms with van der Waals surface area (Å²) in [7, 11) is 1.65. The number of methoxy groups -OCH3 is 1. The Kier molecular flexibility index (Phi) is 6.70. The lowest BCUT2D eigenvalue weighted by Crippen LogP contribution is -2.18. The van der Waals surface area contributed by atoms with Crippen LogP contribution in [0.3, 0.4) is 0 Å². The Morgan fingerprint density at radius 3 is 2.24 bits per heavy atom. The summed E-state index contributed by atoms with van der Waals surface area (Å²) in [5, 5.41) is 7.38. The highest BCUT2D eigenvalue weighted by Crippen LogP contribution is 2.38. The zero-order chi connectivity index (χ0) is 23.4. The Balaban J connectivity index is 1.74. The molecule has 1 atom stereocenters. The van der Waals surface area contributed by atoms with Gasteiger partial charge in [-0.1, -0.05) is 30.3 Å². The van der Waals surface area contributed by atoms with E-state index in [0.29, 0.717) is 11.5 Å². The van der Waals surface area contributed by atoms with Gasteiger partial charge >= 0.3 is 0 Å². The van der Waals surface area contributed by atoms with Crippen LogP contribution in [-0.4, -0.2) is 23.0 Å². The number of amides is 1. The number of rotatable bonds is 7. The fourth-order valence-electron chi connectivity index (χ4n) is 3.67.